The first-order valence-corrected chi connectivity index (χ1v) is 19.8. The van der Waals surface area contributed by atoms with Gasteiger partial charge in [0.15, 0.2) is 0 Å². The lowest BCUT2D eigenvalue weighted by Crippen LogP contribution is -2.22. The number of nitrogens with zero attached hydrogens (tertiary/aromatic N) is 1. The second-order valence-electron chi connectivity index (χ2n) is 15.5. The molecule has 1 nitrogen and oxygen atoms in total. The molecule has 0 amide bonds. The Morgan fingerprint density at radius 1 is 0.333 bits per heavy atom. The fourth-order valence-corrected chi connectivity index (χ4v) is 9.43. The molecule has 0 fully saturated rings. The van der Waals surface area contributed by atoms with Crippen molar-refractivity contribution in [1.82, 2.24) is 0 Å². The van der Waals surface area contributed by atoms with Crippen LogP contribution in [-0.4, -0.2) is 0 Å². The molecular formula is C56H39N. The van der Waals surface area contributed by atoms with Crippen molar-refractivity contribution < 1.29 is 0 Å². The topological polar surface area (TPSA) is 3.24 Å². The van der Waals surface area contributed by atoms with Crippen LogP contribution in [0.4, 0.5) is 17.1 Å². The lowest BCUT2D eigenvalue weighted by molar-refractivity contribution is 0.714. The van der Waals surface area contributed by atoms with Gasteiger partial charge in [0.1, 0.15) is 0 Å². The summed E-state index contributed by atoms with van der Waals surface area (Å²) >= 11 is 0. The van der Waals surface area contributed by atoms with Crippen LogP contribution in [0.1, 0.15) is 23.6 Å². The molecule has 1 aliphatic carbocycles. The Labute approximate surface area is 333 Å². The first kappa shape index (κ1) is 33.1. The second kappa shape index (κ2) is 13.2. The van der Waals surface area contributed by atoms with Crippen molar-refractivity contribution in [3.63, 3.8) is 0 Å². The van der Waals surface area contributed by atoms with Crippen molar-refractivity contribution in [3.8, 4) is 33.4 Å². The highest BCUT2D eigenvalue weighted by Gasteiger charge is 2.41. The van der Waals surface area contributed by atoms with Crippen LogP contribution in [0.15, 0.2) is 218 Å². The highest BCUT2D eigenvalue weighted by molar-refractivity contribution is 5.99. The van der Waals surface area contributed by atoms with E-state index in [0.717, 1.165) is 17.1 Å². The summed E-state index contributed by atoms with van der Waals surface area (Å²) in [5, 5.41) is 7.40. The number of fused-ring (bicyclic) bond motifs is 6. The van der Waals surface area contributed by atoms with Crippen LogP contribution in [0.2, 0.25) is 0 Å². The number of hydrogen-bond donors (Lipinski definition) is 0. The number of benzene rings is 10. The van der Waals surface area contributed by atoms with E-state index in [1.165, 1.54) is 82.4 Å². The van der Waals surface area contributed by atoms with Crippen molar-refractivity contribution in [2.24, 2.45) is 0 Å². The van der Waals surface area contributed by atoms with Gasteiger partial charge in [-0.2, -0.15) is 0 Å². The molecular weight excluding hydrogens is 687 g/mol. The molecule has 0 aromatic heterocycles. The van der Waals surface area contributed by atoms with Gasteiger partial charge in [-0.25, -0.2) is 0 Å². The van der Waals surface area contributed by atoms with Crippen molar-refractivity contribution >= 4 is 49.4 Å². The Kier molecular flexibility index (Phi) is 7.69. The first-order valence-electron chi connectivity index (χ1n) is 19.8. The van der Waals surface area contributed by atoms with Gasteiger partial charge in [0.2, 0.25) is 0 Å². The lowest BCUT2D eigenvalue weighted by Gasteiger charge is -2.28. The van der Waals surface area contributed by atoms with E-state index < -0.39 is 0 Å². The molecule has 0 heterocycles. The summed E-state index contributed by atoms with van der Waals surface area (Å²) in [4.78, 5) is 2.39. The zero-order valence-corrected chi connectivity index (χ0v) is 31.7. The molecule has 10 aromatic carbocycles. The number of hydrogen-bond acceptors (Lipinski definition) is 1. The SMILES string of the molecule is CC1(c2ccccc2)c2ccccc2-c2c(-c3ccc4cc(N(c5ccc(-c6cccc7ccccc67)cc5)c5ccc6ccccc6c5)ccc4c3)cccc21. The molecule has 11 rings (SSSR count). The van der Waals surface area contributed by atoms with Crippen LogP contribution in [0.25, 0.3) is 65.7 Å². The number of anilines is 3. The Morgan fingerprint density at radius 2 is 0.860 bits per heavy atom. The number of rotatable bonds is 6. The third-order valence-electron chi connectivity index (χ3n) is 12.3. The molecule has 0 aliphatic heterocycles. The maximum atomic E-state index is 2.39. The second-order valence-corrected chi connectivity index (χ2v) is 15.5. The molecule has 1 unspecified atom stereocenters. The van der Waals surface area contributed by atoms with Crippen LogP contribution in [0, 0.1) is 0 Å². The molecule has 0 saturated heterocycles. The van der Waals surface area contributed by atoms with E-state index in [9.17, 15) is 0 Å². The highest BCUT2D eigenvalue weighted by Crippen LogP contribution is 2.55. The molecule has 0 N–H and O–H groups in total. The van der Waals surface area contributed by atoms with Gasteiger partial charge in [0.25, 0.3) is 0 Å². The van der Waals surface area contributed by atoms with Crippen molar-refractivity contribution in [2.75, 3.05) is 4.90 Å². The van der Waals surface area contributed by atoms with Gasteiger partial charge in [-0.1, -0.05) is 176 Å². The monoisotopic (exact) mass is 725 g/mol. The normalized spacial score (nSPS) is 14.5. The van der Waals surface area contributed by atoms with Crippen LogP contribution < -0.4 is 4.90 Å². The molecule has 0 saturated carbocycles. The van der Waals surface area contributed by atoms with Crippen LogP contribution in [0.3, 0.4) is 0 Å². The average Bonchev–Trinajstić information content (AvgIpc) is 3.55. The molecule has 1 aliphatic rings. The maximum Gasteiger partial charge on any atom is 0.0468 e. The Bertz CT molecular complexity index is 3140. The van der Waals surface area contributed by atoms with Crippen molar-refractivity contribution in [3.05, 3.63) is 235 Å². The van der Waals surface area contributed by atoms with E-state index in [1.807, 2.05) is 0 Å². The lowest BCUT2D eigenvalue weighted by atomic mass is 9.74. The zero-order valence-electron chi connectivity index (χ0n) is 31.7. The molecule has 1 heteroatoms. The molecule has 268 valence electrons. The Hall–Kier alpha value is -7.22. The zero-order chi connectivity index (χ0) is 37.9. The first-order chi connectivity index (χ1) is 28.1. The van der Waals surface area contributed by atoms with E-state index in [2.05, 4.69) is 230 Å². The van der Waals surface area contributed by atoms with Gasteiger partial charge in [-0.3, -0.25) is 0 Å². The van der Waals surface area contributed by atoms with Crippen LogP contribution >= 0.6 is 0 Å². The van der Waals surface area contributed by atoms with Gasteiger partial charge in [-0.05, 0) is 132 Å². The summed E-state index contributed by atoms with van der Waals surface area (Å²) in [5.41, 5.74) is 14.8. The predicted octanol–water partition coefficient (Wildman–Crippen LogP) is 15.3. The van der Waals surface area contributed by atoms with Gasteiger partial charge < -0.3 is 4.90 Å². The van der Waals surface area contributed by atoms with E-state index in [0.29, 0.717) is 0 Å². The minimum atomic E-state index is -0.228. The third kappa shape index (κ3) is 5.39. The van der Waals surface area contributed by atoms with Crippen LogP contribution in [-0.2, 0) is 5.41 Å². The summed E-state index contributed by atoms with van der Waals surface area (Å²) in [5.74, 6) is 0. The highest BCUT2D eigenvalue weighted by atomic mass is 15.1. The summed E-state index contributed by atoms with van der Waals surface area (Å²) < 4.78 is 0. The van der Waals surface area contributed by atoms with E-state index in [4.69, 9.17) is 0 Å². The van der Waals surface area contributed by atoms with Crippen LogP contribution in [0.5, 0.6) is 0 Å². The molecule has 10 aromatic rings. The summed E-state index contributed by atoms with van der Waals surface area (Å²) in [6, 6.07) is 80.3. The fraction of sp³-hybridized carbons (Fsp3) is 0.0357. The summed E-state index contributed by atoms with van der Waals surface area (Å²) in [6.07, 6.45) is 0. The maximum absolute atomic E-state index is 2.39. The van der Waals surface area contributed by atoms with E-state index in [-0.39, 0.29) is 5.41 Å². The van der Waals surface area contributed by atoms with Gasteiger partial charge >= 0.3 is 0 Å². The third-order valence-corrected chi connectivity index (χ3v) is 12.3. The fourth-order valence-electron chi connectivity index (χ4n) is 9.43. The average molecular weight is 726 g/mol. The quantitative estimate of drug-likeness (QED) is 0.165. The largest absolute Gasteiger partial charge is 0.310 e. The molecule has 57 heavy (non-hydrogen) atoms. The Morgan fingerprint density at radius 3 is 1.68 bits per heavy atom. The molecule has 0 radical (unpaired) electrons. The van der Waals surface area contributed by atoms with E-state index in [1.54, 1.807) is 0 Å². The smallest absolute Gasteiger partial charge is 0.0468 e. The van der Waals surface area contributed by atoms with Gasteiger partial charge in [0, 0.05) is 22.5 Å². The molecule has 0 bridgehead atoms. The summed E-state index contributed by atoms with van der Waals surface area (Å²) in [7, 11) is 0. The minimum Gasteiger partial charge on any atom is -0.310 e. The Balaban J connectivity index is 1.01. The molecule has 1 atom stereocenters. The predicted molar refractivity (Wildman–Crippen MR) is 242 cm³/mol. The standard InChI is InChI=1S/C56H39N/c1-56(45-17-3-2-4-18-45)53-23-10-9-20-52(53)55-51(22-12-24-54(55)56)44-26-25-43-37-48(34-30-42(43)35-44)57(47-33-27-38-13-5-6-15-41(38)36-47)46-31-28-40(29-32-46)50-21-11-16-39-14-7-8-19-49(39)50/h2-37H,1H3. The van der Waals surface area contributed by atoms with E-state index >= 15 is 0 Å². The molecule has 0 spiro atoms. The minimum absolute atomic E-state index is 0.228. The van der Waals surface area contributed by atoms with Gasteiger partial charge in [-0.15, -0.1) is 0 Å². The summed E-state index contributed by atoms with van der Waals surface area (Å²) in [6.45, 7) is 2.39. The van der Waals surface area contributed by atoms with Crippen molar-refractivity contribution in [1.29, 1.82) is 0 Å². The van der Waals surface area contributed by atoms with Crippen molar-refractivity contribution in [2.45, 2.75) is 12.3 Å². The van der Waals surface area contributed by atoms with Gasteiger partial charge in [0.05, 0.1) is 0 Å².